The fraction of sp³-hybridized carbons (Fsp3) is 0.455. The number of nitrogens with zero attached hydrogens (tertiary/aromatic N) is 2. The van der Waals surface area contributed by atoms with Crippen molar-refractivity contribution in [3.8, 4) is 5.75 Å². The van der Waals surface area contributed by atoms with Crippen LogP contribution in [0.2, 0.25) is 0 Å². The van der Waals surface area contributed by atoms with E-state index in [1.165, 1.54) is 16.4 Å². The molecule has 2 aromatic carbocycles. The summed E-state index contributed by atoms with van der Waals surface area (Å²) in [5.41, 5.74) is 1.31. The van der Waals surface area contributed by atoms with E-state index in [4.69, 9.17) is 4.74 Å². The number of piperidine rings is 1. The molecular formula is C22H28FN3O3S. The molecule has 2 heterocycles. The van der Waals surface area contributed by atoms with Crippen LogP contribution in [0.4, 0.5) is 10.1 Å². The maximum Gasteiger partial charge on any atom is 0.301 e. The minimum atomic E-state index is -3.62. The summed E-state index contributed by atoms with van der Waals surface area (Å²) in [6.07, 6.45) is 2.63. The zero-order chi connectivity index (χ0) is 21.0. The van der Waals surface area contributed by atoms with Crippen LogP contribution in [-0.4, -0.2) is 52.6 Å². The van der Waals surface area contributed by atoms with E-state index in [0.29, 0.717) is 37.7 Å². The minimum Gasteiger partial charge on any atom is -0.493 e. The van der Waals surface area contributed by atoms with Crippen molar-refractivity contribution in [1.29, 1.82) is 0 Å². The summed E-state index contributed by atoms with van der Waals surface area (Å²) < 4.78 is 48.6. The summed E-state index contributed by atoms with van der Waals surface area (Å²) in [7, 11) is -3.62. The first kappa shape index (κ1) is 21.1. The van der Waals surface area contributed by atoms with E-state index in [2.05, 4.69) is 9.62 Å². The zero-order valence-electron chi connectivity index (χ0n) is 17.0. The van der Waals surface area contributed by atoms with Gasteiger partial charge in [-0.15, -0.1) is 0 Å². The largest absolute Gasteiger partial charge is 0.493 e. The van der Waals surface area contributed by atoms with Crippen molar-refractivity contribution in [2.45, 2.75) is 19.3 Å². The maximum absolute atomic E-state index is 13.4. The smallest absolute Gasteiger partial charge is 0.301 e. The van der Waals surface area contributed by atoms with E-state index in [0.717, 1.165) is 43.9 Å². The molecule has 1 N–H and O–H groups in total. The van der Waals surface area contributed by atoms with Crippen molar-refractivity contribution in [1.82, 2.24) is 9.62 Å². The Labute approximate surface area is 177 Å². The first-order valence-corrected chi connectivity index (χ1v) is 11.9. The molecule has 8 heteroatoms. The number of anilines is 1. The lowest BCUT2D eigenvalue weighted by Gasteiger charge is -2.32. The molecule has 4 rings (SSSR count). The third kappa shape index (κ3) is 5.11. The van der Waals surface area contributed by atoms with Gasteiger partial charge in [0.2, 0.25) is 0 Å². The Kier molecular flexibility index (Phi) is 6.55. The molecule has 2 aliphatic rings. The Balaban J connectivity index is 1.19. The van der Waals surface area contributed by atoms with Crippen molar-refractivity contribution in [2.24, 2.45) is 5.92 Å². The highest BCUT2D eigenvalue weighted by atomic mass is 32.2. The first-order chi connectivity index (χ1) is 14.5. The molecule has 0 aromatic heterocycles. The van der Waals surface area contributed by atoms with Crippen LogP contribution in [0.3, 0.4) is 0 Å². The Hall–Kier alpha value is -2.16. The van der Waals surface area contributed by atoms with Gasteiger partial charge in [0.1, 0.15) is 11.6 Å². The summed E-state index contributed by atoms with van der Waals surface area (Å²) in [5, 5.41) is 0. The molecule has 0 amide bonds. The Morgan fingerprint density at radius 2 is 1.83 bits per heavy atom. The maximum atomic E-state index is 13.4. The monoisotopic (exact) mass is 433 g/mol. The van der Waals surface area contributed by atoms with Gasteiger partial charge in [0.05, 0.1) is 12.3 Å². The van der Waals surface area contributed by atoms with E-state index in [-0.39, 0.29) is 5.82 Å². The molecule has 0 saturated carbocycles. The van der Waals surface area contributed by atoms with E-state index in [1.807, 2.05) is 30.3 Å². The molecule has 2 aliphatic heterocycles. The lowest BCUT2D eigenvalue weighted by atomic mass is 9.98. The Bertz CT molecular complexity index is 947. The van der Waals surface area contributed by atoms with E-state index in [9.17, 15) is 12.8 Å². The molecule has 2 aromatic rings. The number of ether oxygens (including phenoxy) is 1. The number of benzene rings is 2. The van der Waals surface area contributed by atoms with Crippen LogP contribution >= 0.6 is 0 Å². The SMILES string of the molecule is O=S(=O)(NCCN1CCC(COc2ccccc2)CC1)N1CCc2cc(F)ccc21. The molecule has 30 heavy (non-hydrogen) atoms. The van der Waals surface area contributed by atoms with Gasteiger partial charge in [-0.25, -0.2) is 4.39 Å². The van der Waals surface area contributed by atoms with E-state index in [1.54, 1.807) is 6.07 Å². The van der Waals surface area contributed by atoms with Crippen LogP contribution in [0, 0.1) is 11.7 Å². The summed E-state index contributed by atoms with van der Waals surface area (Å²) >= 11 is 0. The molecule has 6 nitrogen and oxygen atoms in total. The second kappa shape index (κ2) is 9.32. The highest BCUT2D eigenvalue weighted by Crippen LogP contribution is 2.30. The molecule has 0 unspecified atom stereocenters. The number of hydrogen-bond donors (Lipinski definition) is 1. The van der Waals surface area contributed by atoms with Crippen LogP contribution in [0.1, 0.15) is 18.4 Å². The number of halogens is 1. The van der Waals surface area contributed by atoms with Gasteiger partial charge < -0.3 is 9.64 Å². The molecule has 162 valence electrons. The topological polar surface area (TPSA) is 61.9 Å². The van der Waals surface area contributed by atoms with Gasteiger partial charge in [-0.2, -0.15) is 13.1 Å². The molecule has 0 bridgehead atoms. The summed E-state index contributed by atoms with van der Waals surface area (Å²) in [6, 6.07) is 14.1. The second-order valence-electron chi connectivity index (χ2n) is 7.90. The molecule has 1 fully saturated rings. The quantitative estimate of drug-likeness (QED) is 0.696. The Morgan fingerprint density at radius 1 is 1.07 bits per heavy atom. The van der Waals surface area contributed by atoms with E-state index < -0.39 is 10.2 Å². The van der Waals surface area contributed by atoms with Crippen molar-refractivity contribution >= 4 is 15.9 Å². The normalized spacial score (nSPS) is 17.8. The van der Waals surface area contributed by atoms with E-state index >= 15 is 0 Å². The van der Waals surface area contributed by atoms with Gasteiger partial charge in [0.15, 0.2) is 0 Å². The number of rotatable bonds is 8. The number of hydrogen-bond acceptors (Lipinski definition) is 4. The predicted octanol–water partition coefficient (Wildman–Crippen LogP) is 2.81. The lowest BCUT2D eigenvalue weighted by Crippen LogP contribution is -2.44. The number of nitrogens with one attached hydrogen (secondary N) is 1. The third-order valence-electron chi connectivity index (χ3n) is 5.83. The highest BCUT2D eigenvalue weighted by molar-refractivity contribution is 7.90. The second-order valence-corrected chi connectivity index (χ2v) is 9.58. The van der Waals surface area contributed by atoms with Gasteiger partial charge in [-0.1, -0.05) is 18.2 Å². The van der Waals surface area contributed by atoms with Gasteiger partial charge >= 0.3 is 10.2 Å². The average Bonchev–Trinajstić information content (AvgIpc) is 3.18. The van der Waals surface area contributed by atoms with Crippen molar-refractivity contribution < 1.29 is 17.5 Å². The molecule has 0 aliphatic carbocycles. The van der Waals surface area contributed by atoms with Crippen molar-refractivity contribution in [3.63, 3.8) is 0 Å². The molecule has 0 atom stereocenters. The number of fused-ring (bicyclic) bond motifs is 1. The Morgan fingerprint density at radius 3 is 2.60 bits per heavy atom. The fourth-order valence-electron chi connectivity index (χ4n) is 4.11. The summed E-state index contributed by atoms with van der Waals surface area (Å²) in [4.78, 5) is 2.29. The van der Waals surface area contributed by atoms with Gasteiger partial charge in [-0.3, -0.25) is 4.31 Å². The van der Waals surface area contributed by atoms with Crippen LogP contribution in [0.5, 0.6) is 5.75 Å². The molecule has 1 saturated heterocycles. The van der Waals surface area contributed by atoms with Crippen LogP contribution < -0.4 is 13.8 Å². The van der Waals surface area contributed by atoms with Gasteiger partial charge in [0, 0.05) is 19.6 Å². The first-order valence-electron chi connectivity index (χ1n) is 10.5. The highest BCUT2D eigenvalue weighted by Gasteiger charge is 2.29. The third-order valence-corrected chi connectivity index (χ3v) is 7.36. The average molecular weight is 434 g/mol. The molecular weight excluding hydrogens is 405 g/mol. The fourth-order valence-corrected chi connectivity index (χ4v) is 5.38. The van der Waals surface area contributed by atoms with Crippen LogP contribution in [-0.2, 0) is 16.6 Å². The molecule has 0 radical (unpaired) electrons. The standard InChI is InChI=1S/C22H28FN3O3S/c23-20-6-7-22-19(16-20)10-14-26(22)30(27,28)24-11-15-25-12-8-18(9-13-25)17-29-21-4-2-1-3-5-21/h1-7,16,18,24H,8-15,17H2. The van der Waals surface area contributed by atoms with Crippen molar-refractivity contribution in [3.05, 3.63) is 59.9 Å². The minimum absolute atomic E-state index is 0.335. The van der Waals surface area contributed by atoms with Crippen LogP contribution in [0.15, 0.2) is 48.5 Å². The lowest BCUT2D eigenvalue weighted by molar-refractivity contribution is 0.143. The number of para-hydroxylation sites is 1. The van der Waals surface area contributed by atoms with Gasteiger partial charge in [0.25, 0.3) is 0 Å². The zero-order valence-corrected chi connectivity index (χ0v) is 17.8. The summed E-state index contributed by atoms with van der Waals surface area (Å²) in [6.45, 7) is 3.99. The summed E-state index contributed by atoms with van der Waals surface area (Å²) in [5.74, 6) is 1.10. The van der Waals surface area contributed by atoms with Crippen molar-refractivity contribution in [2.75, 3.05) is 43.6 Å². The predicted molar refractivity (Wildman–Crippen MR) is 115 cm³/mol. The van der Waals surface area contributed by atoms with Gasteiger partial charge in [-0.05, 0) is 74.2 Å². The van der Waals surface area contributed by atoms with Crippen LogP contribution in [0.25, 0.3) is 0 Å². The molecule has 0 spiro atoms. The number of likely N-dealkylation sites (tertiary alicyclic amines) is 1.